The molecule has 0 aromatic heterocycles. The van der Waals surface area contributed by atoms with E-state index in [1.165, 1.54) is 30.5 Å². The monoisotopic (exact) mass is 401 g/mol. The second-order valence-corrected chi connectivity index (χ2v) is 6.93. The molecule has 2 aromatic carbocycles. The number of nitrogens with zero attached hydrogens (tertiary/aromatic N) is 1. The van der Waals surface area contributed by atoms with Gasteiger partial charge in [-0.25, -0.2) is 4.79 Å². The van der Waals surface area contributed by atoms with Gasteiger partial charge >= 0.3 is 5.97 Å². The lowest BCUT2D eigenvalue weighted by Gasteiger charge is -2.06. The first-order chi connectivity index (χ1) is 13.2. The van der Waals surface area contributed by atoms with Crippen LogP contribution in [-0.2, 0) is 21.5 Å². The molecule has 2 rings (SSSR count). The fourth-order valence-corrected chi connectivity index (χ4v) is 2.57. The van der Waals surface area contributed by atoms with Gasteiger partial charge in [-0.3, -0.25) is 9.35 Å². The minimum absolute atomic E-state index is 0.149. The van der Waals surface area contributed by atoms with Crippen molar-refractivity contribution >= 4 is 27.7 Å². The predicted molar refractivity (Wildman–Crippen MR) is 98.8 cm³/mol. The highest BCUT2D eigenvalue weighted by Gasteiger charge is 2.12. The summed E-state index contributed by atoms with van der Waals surface area (Å²) in [6, 6.07) is 12.6. The molecule has 1 amide bonds. The third kappa shape index (κ3) is 5.66. The largest absolute Gasteiger partial charge is 0.478 e. The average Bonchev–Trinajstić information content (AvgIpc) is 2.65. The number of rotatable bonds is 7. The van der Waals surface area contributed by atoms with E-state index in [9.17, 15) is 18.0 Å². The van der Waals surface area contributed by atoms with Gasteiger partial charge in [0.2, 0.25) is 0 Å². The van der Waals surface area contributed by atoms with E-state index in [-0.39, 0.29) is 28.3 Å². The maximum atomic E-state index is 12.1. The number of hydrogen-bond donors (Lipinski definition) is 4. The van der Waals surface area contributed by atoms with Crippen LogP contribution >= 0.6 is 0 Å². The van der Waals surface area contributed by atoms with Crippen LogP contribution in [0.25, 0.3) is 0 Å². The van der Waals surface area contributed by atoms with E-state index in [1.807, 2.05) is 0 Å². The molecular formula is C18H15N3O6S. The third-order valence-electron chi connectivity index (χ3n) is 3.53. The molecule has 0 unspecified atom stereocenters. The Hall–Kier alpha value is -3.68. The Labute approximate surface area is 160 Å². The summed E-state index contributed by atoms with van der Waals surface area (Å²) in [6.45, 7) is 0.265. The fraction of sp³-hybridized carbons (Fsp3) is 0.0556. The number of carbonyl (C=O) groups is 2. The number of hydrogen-bond acceptors (Lipinski definition) is 6. The zero-order valence-corrected chi connectivity index (χ0v) is 15.1. The fourth-order valence-electron chi connectivity index (χ4n) is 2.09. The first kappa shape index (κ1) is 20.6. The van der Waals surface area contributed by atoms with Crippen molar-refractivity contribution in [2.24, 2.45) is 0 Å². The van der Waals surface area contributed by atoms with E-state index in [1.54, 1.807) is 18.2 Å². The van der Waals surface area contributed by atoms with Gasteiger partial charge in [-0.1, -0.05) is 12.1 Å². The van der Waals surface area contributed by atoms with Crippen molar-refractivity contribution in [3.05, 3.63) is 71.4 Å². The molecule has 0 radical (unpaired) electrons. The van der Waals surface area contributed by atoms with Crippen molar-refractivity contribution in [1.82, 2.24) is 5.32 Å². The summed E-state index contributed by atoms with van der Waals surface area (Å²) in [7, 11) is -4.33. The van der Waals surface area contributed by atoms with Crippen molar-refractivity contribution in [2.75, 3.05) is 5.32 Å². The smallest absolute Gasteiger partial charge is 0.335 e. The molecular weight excluding hydrogens is 386 g/mol. The second kappa shape index (κ2) is 8.81. The Morgan fingerprint density at radius 2 is 1.68 bits per heavy atom. The highest BCUT2D eigenvalue weighted by Crippen LogP contribution is 2.14. The van der Waals surface area contributed by atoms with Crippen LogP contribution in [0, 0.1) is 11.3 Å². The summed E-state index contributed by atoms with van der Waals surface area (Å²) in [4.78, 5) is 22.6. The molecule has 0 bridgehead atoms. The lowest BCUT2D eigenvalue weighted by Crippen LogP contribution is -2.16. The molecule has 0 heterocycles. The molecule has 9 nitrogen and oxygen atoms in total. The number of anilines is 1. The van der Waals surface area contributed by atoms with Crippen LogP contribution in [0.15, 0.2) is 65.2 Å². The van der Waals surface area contributed by atoms with Gasteiger partial charge in [0, 0.05) is 18.4 Å². The quantitative estimate of drug-likeness (QED) is 0.311. The van der Waals surface area contributed by atoms with Crippen LogP contribution in [0.5, 0.6) is 0 Å². The van der Waals surface area contributed by atoms with Gasteiger partial charge in [0.15, 0.2) is 0 Å². The Balaban J connectivity index is 1.98. The minimum Gasteiger partial charge on any atom is -0.478 e. The van der Waals surface area contributed by atoms with Crippen LogP contribution in [0.4, 0.5) is 5.69 Å². The Morgan fingerprint density at radius 3 is 2.18 bits per heavy atom. The number of nitrogens with one attached hydrogen (secondary N) is 2. The number of nitriles is 1. The van der Waals surface area contributed by atoms with Gasteiger partial charge in [0.05, 0.1) is 10.5 Å². The first-order valence-electron chi connectivity index (χ1n) is 7.75. The lowest BCUT2D eigenvalue weighted by molar-refractivity contribution is -0.112. The Morgan fingerprint density at radius 1 is 1.07 bits per heavy atom. The SMILES string of the molecule is N#C/C(=C/NCc1ccc(C(=O)O)cc1)C(=O)Nc1ccc(S(=O)(=O)O)cc1. The summed E-state index contributed by atoms with van der Waals surface area (Å²) < 4.78 is 30.9. The molecule has 2 aromatic rings. The molecule has 28 heavy (non-hydrogen) atoms. The third-order valence-corrected chi connectivity index (χ3v) is 4.40. The zero-order chi connectivity index (χ0) is 20.7. The van der Waals surface area contributed by atoms with Crippen LogP contribution in [0.2, 0.25) is 0 Å². The summed E-state index contributed by atoms with van der Waals surface area (Å²) in [5.74, 6) is -1.75. The van der Waals surface area contributed by atoms with E-state index in [2.05, 4.69) is 10.6 Å². The van der Waals surface area contributed by atoms with E-state index < -0.39 is 22.0 Å². The predicted octanol–water partition coefficient (Wildman–Crippen LogP) is 1.77. The minimum atomic E-state index is -4.33. The highest BCUT2D eigenvalue weighted by atomic mass is 32.2. The summed E-state index contributed by atoms with van der Waals surface area (Å²) in [6.07, 6.45) is 1.22. The molecule has 0 aliphatic heterocycles. The second-order valence-electron chi connectivity index (χ2n) is 5.51. The van der Waals surface area contributed by atoms with Crippen LogP contribution < -0.4 is 10.6 Å². The van der Waals surface area contributed by atoms with Gasteiger partial charge in [0.1, 0.15) is 11.6 Å². The molecule has 0 atom stereocenters. The molecule has 0 aliphatic rings. The van der Waals surface area contributed by atoms with E-state index in [4.69, 9.17) is 14.9 Å². The molecule has 10 heteroatoms. The van der Waals surface area contributed by atoms with E-state index >= 15 is 0 Å². The zero-order valence-electron chi connectivity index (χ0n) is 14.3. The Bertz CT molecular complexity index is 1050. The molecule has 0 fully saturated rings. The molecule has 4 N–H and O–H groups in total. The van der Waals surface area contributed by atoms with Gasteiger partial charge in [-0.2, -0.15) is 13.7 Å². The summed E-state index contributed by atoms with van der Waals surface area (Å²) in [5, 5.41) is 23.2. The highest BCUT2D eigenvalue weighted by molar-refractivity contribution is 7.85. The normalized spacial score (nSPS) is 11.4. The van der Waals surface area contributed by atoms with Crippen molar-refractivity contribution in [3.8, 4) is 6.07 Å². The van der Waals surface area contributed by atoms with Crippen LogP contribution in [-0.4, -0.2) is 30.0 Å². The van der Waals surface area contributed by atoms with Crippen LogP contribution in [0.1, 0.15) is 15.9 Å². The van der Waals surface area contributed by atoms with Crippen LogP contribution in [0.3, 0.4) is 0 Å². The van der Waals surface area contributed by atoms with E-state index in [0.717, 1.165) is 17.7 Å². The maximum Gasteiger partial charge on any atom is 0.335 e. The number of benzene rings is 2. The number of carbonyl (C=O) groups excluding carboxylic acids is 1. The standard InChI is InChI=1S/C18H15N3O6S/c19-9-14(11-20-10-12-1-3-13(4-2-12)18(23)24)17(22)21-15-5-7-16(8-6-15)28(25,26)27/h1-8,11,20H,10H2,(H,21,22)(H,23,24)(H,25,26,27)/b14-11-. The van der Waals surface area contributed by atoms with Gasteiger partial charge < -0.3 is 15.7 Å². The van der Waals surface area contributed by atoms with Crippen molar-refractivity contribution < 1.29 is 27.7 Å². The lowest BCUT2D eigenvalue weighted by atomic mass is 10.1. The van der Waals surface area contributed by atoms with E-state index in [0.29, 0.717) is 0 Å². The number of carboxylic acid groups (broad SMARTS) is 1. The van der Waals surface area contributed by atoms with Gasteiger partial charge in [-0.05, 0) is 42.0 Å². The molecule has 0 saturated heterocycles. The number of carboxylic acids is 1. The Kier molecular flexibility index (Phi) is 6.49. The number of aromatic carboxylic acids is 1. The van der Waals surface area contributed by atoms with Gasteiger partial charge in [-0.15, -0.1) is 0 Å². The first-order valence-corrected chi connectivity index (χ1v) is 9.19. The topological polar surface area (TPSA) is 157 Å². The molecule has 0 aliphatic carbocycles. The van der Waals surface area contributed by atoms with Crippen molar-refractivity contribution in [1.29, 1.82) is 5.26 Å². The van der Waals surface area contributed by atoms with Crippen molar-refractivity contribution in [3.63, 3.8) is 0 Å². The summed E-state index contributed by atoms with van der Waals surface area (Å²) >= 11 is 0. The number of amides is 1. The average molecular weight is 401 g/mol. The molecule has 144 valence electrons. The molecule has 0 saturated carbocycles. The van der Waals surface area contributed by atoms with Gasteiger partial charge in [0.25, 0.3) is 16.0 Å². The molecule has 0 spiro atoms. The summed E-state index contributed by atoms with van der Waals surface area (Å²) in [5.41, 5.74) is 0.917. The van der Waals surface area contributed by atoms with Crippen molar-refractivity contribution in [2.45, 2.75) is 11.4 Å². The maximum absolute atomic E-state index is 12.1.